The Hall–Kier alpha value is -2.32. The summed E-state index contributed by atoms with van der Waals surface area (Å²) in [5.41, 5.74) is 1.53. The zero-order valence-corrected chi connectivity index (χ0v) is 11.6. The van der Waals surface area contributed by atoms with E-state index < -0.39 is 0 Å². The first kappa shape index (κ1) is 11.5. The third kappa shape index (κ3) is 1.95. The van der Waals surface area contributed by atoms with Gasteiger partial charge in [-0.05, 0) is 0 Å². The molecule has 8 heteroatoms. The molecule has 0 aliphatic heterocycles. The van der Waals surface area contributed by atoms with Gasteiger partial charge in [-0.15, -0.1) is 0 Å². The van der Waals surface area contributed by atoms with Crippen LogP contribution in [0, 0.1) is 0 Å². The molecule has 0 N–H and O–H groups in total. The van der Waals surface area contributed by atoms with Crippen molar-refractivity contribution in [1.29, 1.82) is 0 Å². The predicted octanol–water partition coefficient (Wildman–Crippen LogP) is 2.67. The predicted molar refractivity (Wildman–Crippen MR) is 77.3 cm³/mol. The SMILES string of the molecule is c1cnc(-c2nc3sc(-c4cnccn4)nc3s2)cn1. The van der Waals surface area contributed by atoms with Crippen LogP contribution in [0.15, 0.2) is 37.2 Å². The van der Waals surface area contributed by atoms with Crippen molar-refractivity contribution in [3.63, 3.8) is 0 Å². The molecule has 0 saturated heterocycles. The molecule has 4 heterocycles. The van der Waals surface area contributed by atoms with E-state index >= 15 is 0 Å². The Bertz CT molecular complexity index is 755. The molecule has 0 fully saturated rings. The summed E-state index contributed by atoms with van der Waals surface area (Å²) in [6.45, 7) is 0. The van der Waals surface area contributed by atoms with Crippen molar-refractivity contribution in [2.45, 2.75) is 0 Å². The minimum atomic E-state index is 0.767. The third-order valence-electron chi connectivity index (χ3n) is 2.54. The van der Waals surface area contributed by atoms with Gasteiger partial charge in [-0.1, -0.05) is 22.7 Å². The van der Waals surface area contributed by atoms with Crippen LogP contribution in [0.2, 0.25) is 0 Å². The van der Waals surface area contributed by atoms with E-state index in [0.29, 0.717) is 0 Å². The maximum atomic E-state index is 4.55. The van der Waals surface area contributed by atoms with E-state index in [2.05, 4.69) is 29.9 Å². The summed E-state index contributed by atoms with van der Waals surface area (Å²) in [7, 11) is 0. The van der Waals surface area contributed by atoms with Gasteiger partial charge in [0.15, 0.2) is 9.66 Å². The van der Waals surface area contributed by atoms with Gasteiger partial charge in [-0.2, -0.15) is 0 Å². The Kier molecular flexibility index (Phi) is 2.68. The molecule has 0 aliphatic carbocycles. The Labute approximate surface area is 121 Å². The molecular weight excluding hydrogens is 292 g/mol. The van der Waals surface area contributed by atoms with Crippen molar-refractivity contribution in [3.8, 4) is 21.4 Å². The molecular formula is C12H6N6S2. The van der Waals surface area contributed by atoms with Gasteiger partial charge in [0, 0.05) is 24.8 Å². The minimum Gasteiger partial charge on any atom is -0.261 e. The lowest BCUT2D eigenvalue weighted by atomic mass is 10.5. The molecule has 0 amide bonds. The number of hydrogen-bond acceptors (Lipinski definition) is 8. The van der Waals surface area contributed by atoms with Gasteiger partial charge < -0.3 is 0 Å². The van der Waals surface area contributed by atoms with Gasteiger partial charge in [0.2, 0.25) is 0 Å². The van der Waals surface area contributed by atoms with E-state index in [-0.39, 0.29) is 0 Å². The lowest BCUT2D eigenvalue weighted by Gasteiger charge is -1.92. The zero-order chi connectivity index (χ0) is 13.4. The number of nitrogens with zero attached hydrogens (tertiary/aromatic N) is 6. The molecule has 0 atom stereocenters. The van der Waals surface area contributed by atoms with Crippen molar-refractivity contribution in [3.05, 3.63) is 37.2 Å². The molecule has 4 aromatic rings. The van der Waals surface area contributed by atoms with Crippen LogP contribution in [0.5, 0.6) is 0 Å². The van der Waals surface area contributed by atoms with Crippen molar-refractivity contribution in [1.82, 2.24) is 29.9 Å². The lowest BCUT2D eigenvalue weighted by Crippen LogP contribution is -1.83. The second-order valence-electron chi connectivity index (χ2n) is 3.83. The van der Waals surface area contributed by atoms with Crippen LogP contribution in [0.4, 0.5) is 0 Å². The first-order valence-corrected chi connectivity index (χ1v) is 7.33. The Morgan fingerprint density at radius 2 is 1.15 bits per heavy atom. The zero-order valence-electron chi connectivity index (χ0n) is 9.96. The fourth-order valence-electron chi connectivity index (χ4n) is 1.68. The summed E-state index contributed by atoms with van der Waals surface area (Å²) in [5, 5.41) is 1.66. The molecule has 0 aromatic carbocycles. The minimum absolute atomic E-state index is 0.767. The number of rotatable bonds is 2. The fourth-order valence-corrected chi connectivity index (χ4v) is 3.65. The number of fused-ring (bicyclic) bond motifs is 1. The maximum Gasteiger partial charge on any atom is 0.156 e. The molecule has 20 heavy (non-hydrogen) atoms. The van der Waals surface area contributed by atoms with Gasteiger partial charge in [0.05, 0.1) is 12.4 Å². The van der Waals surface area contributed by atoms with E-state index in [0.717, 1.165) is 31.1 Å². The highest BCUT2D eigenvalue weighted by Crippen LogP contribution is 2.34. The van der Waals surface area contributed by atoms with Crippen LogP contribution in [-0.4, -0.2) is 29.9 Å². The van der Waals surface area contributed by atoms with E-state index in [4.69, 9.17) is 0 Å². The molecule has 0 unspecified atom stereocenters. The molecule has 6 nitrogen and oxygen atoms in total. The maximum absolute atomic E-state index is 4.55. The summed E-state index contributed by atoms with van der Waals surface area (Å²) in [6, 6.07) is 0. The van der Waals surface area contributed by atoms with E-state index in [1.165, 1.54) is 22.7 Å². The molecule has 0 radical (unpaired) electrons. The van der Waals surface area contributed by atoms with Crippen molar-refractivity contribution in [2.24, 2.45) is 0 Å². The largest absolute Gasteiger partial charge is 0.261 e. The molecule has 4 aromatic heterocycles. The number of hydrogen-bond donors (Lipinski definition) is 0. The Balaban J connectivity index is 1.78. The molecule has 0 bridgehead atoms. The summed E-state index contributed by atoms with van der Waals surface area (Å²) >= 11 is 3.01. The summed E-state index contributed by atoms with van der Waals surface area (Å²) in [6.07, 6.45) is 10.00. The van der Waals surface area contributed by atoms with Crippen LogP contribution in [0.1, 0.15) is 0 Å². The van der Waals surface area contributed by atoms with Crippen molar-refractivity contribution in [2.75, 3.05) is 0 Å². The monoisotopic (exact) mass is 298 g/mol. The van der Waals surface area contributed by atoms with Crippen LogP contribution in [0.25, 0.3) is 31.1 Å². The molecule has 0 saturated carbocycles. The van der Waals surface area contributed by atoms with Crippen LogP contribution < -0.4 is 0 Å². The van der Waals surface area contributed by atoms with Crippen molar-refractivity contribution >= 4 is 32.3 Å². The van der Waals surface area contributed by atoms with Crippen LogP contribution in [0.3, 0.4) is 0 Å². The smallest absolute Gasteiger partial charge is 0.156 e. The average molecular weight is 298 g/mol. The highest BCUT2D eigenvalue weighted by atomic mass is 32.1. The lowest BCUT2D eigenvalue weighted by molar-refractivity contribution is 1.20. The Morgan fingerprint density at radius 1 is 0.650 bits per heavy atom. The normalized spacial score (nSPS) is 11.0. The number of aromatic nitrogens is 6. The van der Waals surface area contributed by atoms with Gasteiger partial charge in [-0.3, -0.25) is 19.9 Å². The molecule has 96 valence electrons. The summed E-state index contributed by atoms with van der Waals surface area (Å²) < 4.78 is 0. The van der Waals surface area contributed by atoms with E-state index in [9.17, 15) is 0 Å². The topological polar surface area (TPSA) is 77.3 Å². The fraction of sp³-hybridized carbons (Fsp3) is 0. The second kappa shape index (κ2) is 4.66. The number of thiazole rings is 2. The summed E-state index contributed by atoms with van der Waals surface area (Å²) in [5.74, 6) is 0. The Morgan fingerprint density at radius 3 is 1.55 bits per heavy atom. The van der Waals surface area contributed by atoms with Gasteiger partial charge in [0.1, 0.15) is 21.4 Å². The van der Waals surface area contributed by atoms with E-state index in [1.54, 1.807) is 37.2 Å². The average Bonchev–Trinajstić information content (AvgIpc) is 3.08. The highest BCUT2D eigenvalue weighted by Gasteiger charge is 2.14. The molecule has 0 spiro atoms. The second-order valence-corrected chi connectivity index (χ2v) is 5.78. The highest BCUT2D eigenvalue weighted by molar-refractivity contribution is 7.29. The third-order valence-corrected chi connectivity index (χ3v) is 4.61. The molecule has 0 aliphatic rings. The quantitative estimate of drug-likeness (QED) is 0.566. The van der Waals surface area contributed by atoms with Crippen molar-refractivity contribution < 1.29 is 0 Å². The standard InChI is InChI=1S/C12H6N6S2/c1-3-15-7(5-13-1)9-17-11-12(19-9)18-10(20-11)8-6-14-2-4-16-8/h1-6H. The molecule has 4 rings (SSSR count). The van der Waals surface area contributed by atoms with Gasteiger partial charge in [0.25, 0.3) is 0 Å². The first-order chi connectivity index (χ1) is 9.90. The van der Waals surface area contributed by atoms with Gasteiger partial charge >= 0.3 is 0 Å². The first-order valence-electron chi connectivity index (χ1n) is 5.70. The van der Waals surface area contributed by atoms with Crippen LogP contribution in [-0.2, 0) is 0 Å². The van der Waals surface area contributed by atoms with Crippen LogP contribution >= 0.6 is 22.7 Å². The summed E-state index contributed by atoms with van der Waals surface area (Å²) in [4.78, 5) is 27.5. The van der Waals surface area contributed by atoms with E-state index in [1.807, 2.05) is 0 Å². The van der Waals surface area contributed by atoms with Gasteiger partial charge in [-0.25, -0.2) is 9.97 Å².